The fraction of sp³-hybridized carbons (Fsp3) is 0.800. The van der Waals surface area contributed by atoms with Gasteiger partial charge in [0.05, 0.1) is 6.10 Å². The van der Waals surface area contributed by atoms with E-state index in [0.717, 1.165) is 12.8 Å². The lowest BCUT2D eigenvalue weighted by Crippen LogP contribution is -1.93. The summed E-state index contributed by atoms with van der Waals surface area (Å²) < 4.78 is 0. The topological polar surface area (TPSA) is 20.2 Å². The maximum Gasteiger partial charge on any atom is 0.0726 e. The van der Waals surface area contributed by atoms with E-state index in [4.69, 9.17) is 0 Å². The van der Waals surface area contributed by atoms with Crippen molar-refractivity contribution in [3.63, 3.8) is 0 Å². The molecule has 64 valence electrons. The molecule has 1 unspecified atom stereocenters. The van der Waals surface area contributed by atoms with Crippen LogP contribution in [0.5, 0.6) is 0 Å². The van der Waals surface area contributed by atoms with E-state index in [-0.39, 0.29) is 6.10 Å². The van der Waals surface area contributed by atoms with Gasteiger partial charge in [0.2, 0.25) is 0 Å². The Morgan fingerprint density at radius 3 is 2.91 bits per heavy atom. The Kier molecular flexibility index (Phi) is 3.64. The van der Waals surface area contributed by atoms with E-state index in [9.17, 15) is 5.11 Å². The summed E-state index contributed by atoms with van der Waals surface area (Å²) in [5.41, 5.74) is 1.48. The Labute approximate surface area is 69.1 Å². The second kappa shape index (κ2) is 4.55. The van der Waals surface area contributed by atoms with Crippen LogP contribution in [0.2, 0.25) is 0 Å². The van der Waals surface area contributed by atoms with Gasteiger partial charge in [0.25, 0.3) is 0 Å². The van der Waals surface area contributed by atoms with Crippen molar-refractivity contribution in [2.45, 2.75) is 51.6 Å². The highest BCUT2D eigenvalue weighted by Crippen LogP contribution is 2.23. The second-order valence-electron chi connectivity index (χ2n) is 3.39. The molecule has 0 saturated carbocycles. The first-order valence-corrected chi connectivity index (χ1v) is 4.70. The predicted molar refractivity (Wildman–Crippen MR) is 47.5 cm³/mol. The van der Waals surface area contributed by atoms with Crippen LogP contribution in [0.3, 0.4) is 0 Å². The maximum absolute atomic E-state index is 9.18. The van der Waals surface area contributed by atoms with Gasteiger partial charge in [0.1, 0.15) is 0 Å². The summed E-state index contributed by atoms with van der Waals surface area (Å²) in [5.74, 6) is 0. The molecule has 0 fully saturated rings. The van der Waals surface area contributed by atoms with Crippen molar-refractivity contribution in [1.29, 1.82) is 0 Å². The minimum absolute atomic E-state index is 0.133. The lowest BCUT2D eigenvalue weighted by Gasteiger charge is -1.98. The highest BCUT2D eigenvalue weighted by Gasteiger charge is 2.11. The number of unbranched alkanes of at least 4 members (excludes halogenated alkanes) is 2. The first-order valence-electron chi connectivity index (χ1n) is 4.70. The minimum Gasteiger partial charge on any atom is -0.389 e. The molecule has 1 nitrogen and oxygen atoms in total. The molecule has 11 heavy (non-hydrogen) atoms. The van der Waals surface area contributed by atoms with E-state index in [2.05, 4.69) is 6.92 Å². The van der Waals surface area contributed by atoms with Gasteiger partial charge in [0.15, 0.2) is 0 Å². The fourth-order valence-electron chi connectivity index (χ4n) is 1.58. The van der Waals surface area contributed by atoms with E-state index in [1.165, 1.54) is 31.3 Å². The van der Waals surface area contributed by atoms with Crippen molar-refractivity contribution < 1.29 is 5.11 Å². The highest BCUT2D eigenvalue weighted by atomic mass is 16.3. The van der Waals surface area contributed by atoms with E-state index in [1.807, 2.05) is 6.08 Å². The average molecular weight is 154 g/mol. The monoisotopic (exact) mass is 154 g/mol. The van der Waals surface area contributed by atoms with Crippen molar-refractivity contribution >= 4 is 0 Å². The van der Waals surface area contributed by atoms with Crippen LogP contribution in [0, 0.1) is 0 Å². The summed E-state index contributed by atoms with van der Waals surface area (Å²) in [6, 6.07) is 0. The molecular formula is C10H18O. The third-order valence-electron chi connectivity index (χ3n) is 2.29. The van der Waals surface area contributed by atoms with Gasteiger partial charge in [-0.05, 0) is 25.7 Å². The Hall–Kier alpha value is -0.300. The molecule has 0 aliphatic heterocycles. The Balaban J connectivity index is 2.12. The highest BCUT2D eigenvalue weighted by molar-refractivity contribution is 5.11. The molecule has 1 aliphatic carbocycles. The van der Waals surface area contributed by atoms with Crippen molar-refractivity contribution in [3.8, 4) is 0 Å². The predicted octanol–water partition coefficient (Wildman–Crippen LogP) is 2.65. The molecule has 0 heterocycles. The van der Waals surface area contributed by atoms with Gasteiger partial charge >= 0.3 is 0 Å². The minimum atomic E-state index is -0.133. The Bertz CT molecular complexity index is 138. The normalized spacial score (nSPS) is 23.8. The van der Waals surface area contributed by atoms with Crippen molar-refractivity contribution in [2.75, 3.05) is 0 Å². The molecule has 1 aliphatic rings. The molecule has 1 heteroatoms. The summed E-state index contributed by atoms with van der Waals surface area (Å²) >= 11 is 0. The summed E-state index contributed by atoms with van der Waals surface area (Å²) in [6.45, 7) is 2.22. The number of rotatable bonds is 4. The quantitative estimate of drug-likeness (QED) is 0.487. The molecule has 0 saturated heterocycles. The molecule has 0 aromatic carbocycles. The largest absolute Gasteiger partial charge is 0.389 e. The summed E-state index contributed by atoms with van der Waals surface area (Å²) in [7, 11) is 0. The number of aliphatic hydroxyl groups excluding tert-OH is 1. The van der Waals surface area contributed by atoms with E-state index < -0.39 is 0 Å². The Morgan fingerprint density at radius 1 is 1.55 bits per heavy atom. The second-order valence-corrected chi connectivity index (χ2v) is 3.39. The third kappa shape index (κ3) is 3.06. The number of aliphatic hydroxyl groups is 1. The van der Waals surface area contributed by atoms with Crippen LogP contribution in [0.1, 0.15) is 45.4 Å². The first kappa shape index (κ1) is 8.79. The summed E-state index contributed by atoms with van der Waals surface area (Å²) in [4.78, 5) is 0. The molecule has 1 N–H and O–H groups in total. The van der Waals surface area contributed by atoms with Gasteiger partial charge in [-0.3, -0.25) is 0 Å². The van der Waals surface area contributed by atoms with E-state index >= 15 is 0 Å². The van der Waals surface area contributed by atoms with Gasteiger partial charge in [-0.2, -0.15) is 0 Å². The van der Waals surface area contributed by atoms with Gasteiger partial charge in [-0.15, -0.1) is 0 Å². The molecular weight excluding hydrogens is 136 g/mol. The Morgan fingerprint density at radius 2 is 2.36 bits per heavy atom. The molecule has 0 aromatic rings. The van der Waals surface area contributed by atoms with Crippen LogP contribution in [0.25, 0.3) is 0 Å². The van der Waals surface area contributed by atoms with E-state index in [1.54, 1.807) is 0 Å². The number of hydrogen-bond donors (Lipinski definition) is 1. The van der Waals surface area contributed by atoms with Crippen LogP contribution in [-0.2, 0) is 0 Å². The van der Waals surface area contributed by atoms with Crippen LogP contribution in [-0.4, -0.2) is 11.2 Å². The van der Waals surface area contributed by atoms with Crippen molar-refractivity contribution in [2.24, 2.45) is 0 Å². The first-order chi connectivity index (χ1) is 5.33. The molecule has 0 amide bonds. The smallest absolute Gasteiger partial charge is 0.0726 e. The standard InChI is InChI=1S/C10H18O/c1-2-3-4-5-9-6-7-10(11)8-9/h8,10-11H,2-7H2,1H3. The van der Waals surface area contributed by atoms with Crippen LogP contribution >= 0.6 is 0 Å². The SMILES string of the molecule is CCCCCC1=CC(O)CC1. The zero-order chi connectivity index (χ0) is 8.10. The molecule has 0 radical (unpaired) electrons. The number of allylic oxidation sites excluding steroid dienone is 1. The fourth-order valence-corrected chi connectivity index (χ4v) is 1.58. The lowest BCUT2D eigenvalue weighted by atomic mass is 10.1. The van der Waals surface area contributed by atoms with Crippen LogP contribution < -0.4 is 0 Å². The van der Waals surface area contributed by atoms with Gasteiger partial charge in [-0.25, -0.2) is 0 Å². The van der Waals surface area contributed by atoms with Crippen molar-refractivity contribution in [1.82, 2.24) is 0 Å². The lowest BCUT2D eigenvalue weighted by molar-refractivity contribution is 0.223. The van der Waals surface area contributed by atoms with Crippen LogP contribution in [0.4, 0.5) is 0 Å². The molecule has 1 atom stereocenters. The van der Waals surface area contributed by atoms with Crippen molar-refractivity contribution in [3.05, 3.63) is 11.6 Å². The molecule has 0 aromatic heterocycles. The number of hydrogen-bond acceptors (Lipinski definition) is 1. The zero-order valence-electron chi connectivity index (χ0n) is 7.34. The van der Waals surface area contributed by atoms with Gasteiger partial charge < -0.3 is 5.11 Å². The summed E-state index contributed by atoms with van der Waals surface area (Å²) in [6.07, 6.45) is 9.12. The maximum atomic E-state index is 9.18. The molecule has 1 rings (SSSR count). The third-order valence-corrected chi connectivity index (χ3v) is 2.29. The summed E-state index contributed by atoms with van der Waals surface area (Å²) in [5, 5.41) is 9.18. The molecule has 0 spiro atoms. The van der Waals surface area contributed by atoms with E-state index in [0.29, 0.717) is 0 Å². The van der Waals surface area contributed by atoms with Gasteiger partial charge in [-0.1, -0.05) is 31.4 Å². The zero-order valence-corrected chi connectivity index (χ0v) is 7.34. The molecule has 0 bridgehead atoms. The average Bonchev–Trinajstić information content (AvgIpc) is 2.37. The van der Waals surface area contributed by atoms with Gasteiger partial charge in [0, 0.05) is 0 Å². The van der Waals surface area contributed by atoms with Crippen LogP contribution in [0.15, 0.2) is 11.6 Å².